The van der Waals surface area contributed by atoms with Gasteiger partial charge in [0.25, 0.3) is 0 Å². The second kappa shape index (κ2) is 2.64. The summed E-state index contributed by atoms with van der Waals surface area (Å²) in [5, 5.41) is 0. The van der Waals surface area contributed by atoms with Crippen LogP contribution in [0.15, 0.2) is 24.3 Å². The summed E-state index contributed by atoms with van der Waals surface area (Å²) in [5.41, 5.74) is 5.72. The van der Waals surface area contributed by atoms with E-state index in [1.807, 2.05) is 0 Å². The Balaban J connectivity index is 2.41. The number of halogens is 1. The fourth-order valence-electron chi connectivity index (χ4n) is 1.62. The van der Waals surface area contributed by atoms with Gasteiger partial charge in [-0.2, -0.15) is 0 Å². The standard InChI is InChI=1S/C10H10FNO/c11-8-3-1-2-7(4-8)10(6-13)5-9(10)12/h1-4,6,9H,5,12H2. The van der Waals surface area contributed by atoms with Crippen LogP contribution in [-0.4, -0.2) is 12.3 Å². The molecule has 0 aromatic heterocycles. The van der Waals surface area contributed by atoms with Crippen molar-refractivity contribution in [3.63, 3.8) is 0 Å². The molecule has 0 bridgehead atoms. The lowest BCUT2D eigenvalue weighted by Crippen LogP contribution is -2.19. The Morgan fingerprint density at radius 1 is 1.62 bits per heavy atom. The molecule has 1 fully saturated rings. The number of carbonyl (C=O) groups excluding carboxylic acids is 1. The van der Waals surface area contributed by atoms with Crippen LogP contribution in [-0.2, 0) is 10.2 Å². The maximum atomic E-state index is 12.8. The lowest BCUT2D eigenvalue weighted by molar-refractivity contribution is -0.110. The number of benzene rings is 1. The molecule has 0 saturated heterocycles. The van der Waals surface area contributed by atoms with Crippen LogP contribution in [0.4, 0.5) is 4.39 Å². The van der Waals surface area contributed by atoms with Crippen LogP contribution in [0.25, 0.3) is 0 Å². The molecule has 2 atom stereocenters. The lowest BCUT2D eigenvalue weighted by Gasteiger charge is -2.07. The topological polar surface area (TPSA) is 43.1 Å². The SMILES string of the molecule is NC1CC1(C=O)c1cccc(F)c1. The molecule has 2 unspecified atom stereocenters. The van der Waals surface area contributed by atoms with Crippen molar-refractivity contribution in [1.29, 1.82) is 0 Å². The van der Waals surface area contributed by atoms with Crippen LogP contribution in [0.5, 0.6) is 0 Å². The maximum absolute atomic E-state index is 12.8. The largest absolute Gasteiger partial charge is 0.326 e. The predicted octanol–water partition coefficient (Wildman–Crippen LogP) is 0.993. The van der Waals surface area contributed by atoms with Gasteiger partial charge >= 0.3 is 0 Å². The highest BCUT2D eigenvalue weighted by atomic mass is 19.1. The van der Waals surface area contributed by atoms with Gasteiger partial charge in [-0.1, -0.05) is 12.1 Å². The van der Waals surface area contributed by atoms with Crippen LogP contribution >= 0.6 is 0 Å². The molecule has 2 nitrogen and oxygen atoms in total. The quantitative estimate of drug-likeness (QED) is 0.688. The van der Waals surface area contributed by atoms with Gasteiger partial charge in [0.15, 0.2) is 0 Å². The summed E-state index contributed by atoms with van der Waals surface area (Å²) >= 11 is 0. The third kappa shape index (κ3) is 1.16. The molecule has 0 amide bonds. The molecule has 68 valence electrons. The molecule has 2 rings (SSSR count). The van der Waals surface area contributed by atoms with Gasteiger partial charge in [-0.3, -0.25) is 0 Å². The van der Waals surface area contributed by atoms with Crippen molar-refractivity contribution in [2.45, 2.75) is 17.9 Å². The molecular formula is C10H10FNO. The summed E-state index contributed by atoms with van der Waals surface area (Å²) in [6.07, 6.45) is 1.45. The van der Waals surface area contributed by atoms with E-state index in [4.69, 9.17) is 5.73 Å². The van der Waals surface area contributed by atoms with Crippen molar-refractivity contribution in [1.82, 2.24) is 0 Å². The monoisotopic (exact) mass is 179 g/mol. The van der Waals surface area contributed by atoms with Gasteiger partial charge in [-0.25, -0.2) is 4.39 Å². The molecule has 1 aliphatic carbocycles. The van der Waals surface area contributed by atoms with Crippen molar-refractivity contribution < 1.29 is 9.18 Å². The van der Waals surface area contributed by atoms with Gasteiger partial charge < -0.3 is 10.5 Å². The van der Waals surface area contributed by atoms with Crippen molar-refractivity contribution in [2.24, 2.45) is 5.73 Å². The Kier molecular flexibility index (Phi) is 1.70. The van der Waals surface area contributed by atoms with E-state index < -0.39 is 5.41 Å². The minimum Gasteiger partial charge on any atom is -0.326 e. The van der Waals surface area contributed by atoms with Crippen molar-refractivity contribution in [2.75, 3.05) is 0 Å². The van der Waals surface area contributed by atoms with Crippen molar-refractivity contribution >= 4 is 6.29 Å². The van der Waals surface area contributed by atoms with E-state index in [0.717, 1.165) is 6.29 Å². The zero-order valence-corrected chi connectivity index (χ0v) is 7.03. The summed E-state index contributed by atoms with van der Waals surface area (Å²) < 4.78 is 12.8. The zero-order valence-electron chi connectivity index (χ0n) is 7.03. The molecule has 0 heterocycles. The Hall–Kier alpha value is -1.22. The predicted molar refractivity (Wildman–Crippen MR) is 46.7 cm³/mol. The first-order valence-corrected chi connectivity index (χ1v) is 4.17. The second-order valence-electron chi connectivity index (χ2n) is 3.48. The first kappa shape index (κ1) is 8.38. The van der Waals surface area contributed by atoms with Gasteiger partial charge in [0.1, 0.15) is 12.1 Å². The minimum absolute atomic E-state index is 0.146. The van der Waals surface area contributed by atoms with E-state index in [-0.39, 0.29) is 11.9 Å². The molecule has 1 saturated carbocycles. The van der Waals surface area contributed by atoms with E-state index in [9.17, 15) is 9.18 Å². The molecule has 2 N–H and O–H groups in total. The van der Waals surface area contributed by atoms with Crippen LogP contribution in [0.1, 0.15) is 12.0 Å². The number of aldehydes is 1. The van der Waals surface area contributed by atoms with Crippen LogP contribution < -0.4 is 5.73 Å². The first-order valence-electron chi connectivity index (χ1n) is 4.17. The summed E-state index contributed by atoms with van der Waals surface area (Å²) in [7, 11) is 0. The molecule has 1 aliphatic rings. The maximum Gasteiger partial charge on any atom is 0.132 e. The highest BCUT2D eigenvalue weighted by Crippen LogP contribution is 2.44. The molecule has 1 aromatic carbocycles. The molecule has 0 aliphatic heterocycles. The van der Waals surface area contributed by atoms with Gasteiger partial charge in [0.05, 0.1) is 5.41 Å². The normalized spacial score (nSPS) is 31.4. The van der Waals surface area contributed by atoms with Gasteiger partial charge in [0, 0.05) is 6.04 Å². The number of nitrogens with two attached hydrogens (primary N) is 1. The average molecular weight is 179 g/mol. The second-order valence-corrected chi connectivity index (χ2v) is 3.48. The number of rotatable bonds is 2. The van der Waals surface area contributed by atoms with Gasteiger partial charge in [-0.15, -0.1) is 0 Å². The van der Waals surface area contributed by atoms with Crippen LogP contribution in [0.3, 0.4) is 0 Å². The Morgan fingerprint density at radius 3 is 2.77 bits per heavy atom. The fraction of sp³-hybridized carbons (Fsp3) is 0.300. The van der Waals surface area contributed by atoms with E-state index in [0.29, 0.717) is 12.0 Å². The van der Waals surface area contributed by atoms with Gasteiger partial charge in [0.2, 0.25) is 0 Å². The van der Waals surface area contributed by atoms with E-state index in [2.05, 4.69) is 0 Å². The van der Waals surface area contributed by atoms with Crippen molar-refractivity contribution in [3.8, 4) is 0 Å². The van der Waals surface area contributed by atoms with E-state index >= 15 is 0 Å². The smallest absolute Gasteiger partial charge is 0.132 e. The van der Waals surface area contributed by atoms with Gasteiger partial charge in [-0.05, 0) is 24.1 Å². The molecule has 0 spiro atoms. The molecule has 0 radical (unpaired) electrons. The molecule has 1 aromatic rings. The van der Waals surface area contributed by atoms with E-state index in [1.165, 1.54) is 12.1 Å². The number of hydrogen-bond donors (Lipinski definition) is 1. The zero-order chi connectivity index (χ0) is 9.47. The Bertz CT molecular complexity index is 353. The highest BCUT2D eigenvalue weighted by Gasteiger charge is 2.53. The summed E-state index contributed by atoms with van der Waals surface area (Å²) in [6.45, 7) is 0. The summed E-state index contributed by atoms with van der Waals surface area (Å²) in [4.78, 5) is 10.8. The Labute approximate surface area is 75.6 Å². The van der Waals surface area contributed by atoms with E-state index in [1.54, 1.807) is 12.1 Å². The number of hydrogen-bond acceptors (Lipinski definition) is 2. The molecule has 3 heteroatoms. The third-order valence-corrected chi connectivity index (χ3v) is 2.63. The lowest BCUT2D eigenvalue weighted by atomic mass is 9.97. The number of carbonyl (C=O) groups is 1. The first-order chi connectivity index (χ1) is 6.19. The van der Waals surface area contributed by atoms with Crippen LogP contribution in [0.2, 0.25) is 0 Å². The average Bonchev–Trinajstić information content (AvgIpc) is 2.78. The molecular weight excluding hydrogens is 169 g/mol. The summed E-state index contributed by atoms with van der Waals surface area (Å²) in [5.74, 6) is -0.321. The van der Waals surface area contributed by atoms with Crippen LogP contribution in [0, 0.1) is 5.82 Å². The highest BCUT2D eigenvalue weighted by molar-refractivity contribution is 5.75. The Morgan fingerprint density at radius 2 is 2.31 bits per heavy atom. The third-order valence-electron chi connectivity index (χ3n) is 2.63. The summed E-state index contributed by atoms with van der Waals surface area (Å²) in [6, 6.07) is 5.93. The van der Waals surface area contributed by atoms with Crippen molar-refractivity contribution in [3.05, 3.63) is 35.6 Å². The molecule has 13 heavy (non-hydrogen) atoms. The fourth-order valence-corrected chi connectivity index (χ4v) is 1.62. The minimum atomic E-state index is -0.609.